The van der Waals surface area contributed by atoms with Crippen LogP contribution in [0.4, 0.5) is 19.3 Å². The number of fused-ring (bicyclic) bond motifs is 1. The van der Waals surface area contributed by atoms with Crippen molar-refractivity contribution in [3.8, 4) is 0 Å². The van der Waals surface area contributed by atoms with Gasteiger partial charge in [-0.15, -0.1) is 0 Å². The molecule has 0 unspecified atom stereocenters. The Bertz CT molecular complexity index is 1890. The van der Waals surface area contributed by atoms with Gasteiger partial charge in [-0.25, -0.2) is 4.79 Å². The van der Waals surface area contributed by atoms with E-state index in [1.54, 1.807) is 23.1 Å². The molecule has 47 heavy (non-hydrogen) atoms. The molecule has 1 aromatic heterocycles. The van der Waals surface area contributed by atoms with Gasteiger partial charge in [-0.2, -0.15) is 8.78 Å². The van der Waals surface area contributed by atoms with Gasteiger partial charge in [-0.05, 0) is 64.5 Å². The van der Waals surface area contributed by atoms with Crippen molar-refractivity contribution in [2.45, 2.75) is 47.8 Å². The van der Waals surface area contributed by atoms with Crippen LogP contribution >= 0.6 is 46.6 Å². The number of pyridine rings is 1. The van der Waals surface area contributed by atoms with E-state index in [0.717, 1.165) is 52.2 Å². The fraction of sp³-hybridized carbons (Fsp3) is 0.242. The van der Waals surface area contributed by atoms with Crippen LogP contribution in [0.1, 0.15) is 44.7 Å². The van der Waals surface area contributed by atoms with Gasteiger partial charge in [0.15, 0.2) is 0 Å². The van der Waals surface area contributed by atoms with Gasteiger partial charge < -0.3 is 20.5 Å². The summed E-state index contributed by atoms with van der Waals surface area (Å²) in [5.41, 5.74) is 2.14. The van der Waals surface area contributed by atoms with E-state index in [1.165, 1.54) is 4.90 Å². The first-order valence-corrected chi connectivity index (χ1v) is 16.6. The number of halogens is 5. The van der Waals surface area contributed by atoms with Crippen molar-refractivity contribution in [2.75, 3.05) is 18.0 Å². The van der Waals surface area contributed by atoms with Crippen molar-refractivity contribution in [3.63, 3.8) is 0 Å². The largest absolute Gasteiger partial charge is 0.362 e. The number of alkyl halides is 3. The lowest BCUT2D eigenvalue weighted by atomic mass is 10.0. The number of nitrogens with zero attached hydrogens (tertiary/aromatic N) is 2. The first-order valence-electron chi connectivity index (χ1n) is 14.7. The van der Waals surface area contributed by atoms with E-state index in [4.69, 9.17) is 34.8 Å². The third-order valence-corrected chi connectivity index (χ3v) is 10.2. The average Bonchev–Trinajstić information content (AvgIpc) is 3.45. The van der Waals surface area contributed by atoms with Crippen LogP contribution in [0.25, 0.3) is 0 Å². The molecule has 0 atom stereocenters. The topological polar surface area (TPSA) is 97.5 Å². The first kappa shape index (κ1) is 33.3. The summed E-state index contributed by atoms with van der Waals surface area (Å²) in [5, 5.41) is 2.88. The monoisotopic (exact) mass is 717 g/mol. The summed E-state index contributed by atoms with van der Waals surface area (Å²) in [6.07, 6.45) is 0.778. The normalized spacial score (nSPS) is 14.7. The molecule has 1 saturated heterocycles. The Morgan fingerprint density at radius 2 is 1.66 bits per heavy atom. The van der Waals surface area contributed by atoms with Gasteiger partial charge in [0, 0.05) is 49.1 Å². The lowest BCUT2D eigenvalue weighted by Gasteiger charge is -2.30. The molecule has 0 saturated carbocycles. The lowest BCUT2D eigenvalue weighted by Crippen LogP contribution is -2.47. The first-order chi connectivity index (χ1) is 22.5. The van der Waals surface area contributed by atoms with Crippen molar-refractivity contribution in [1.29, 1.82) is 0 Å². The number of nitrogens with one attached hydrogen (secondary N) is 3. The number of anilines is 1. The van der Waals surface area contributed by atoms with Gasteiger partial charge in [0.2, 0.25) is 0 Å². The number of benzene rings is 3. The number of urea groups is 1. The zero-order valence-corrected chi connectivity index (χ0v) is 27.8. The summed E-state index contributed by atoms with van der Waals surface area (Å²) in [7, 11) is 0. The highest BCUT2D eigenvalue weighted by molar-refractivity contribution is 7.99. The molecule has 0 aliphatic carbocycles. The smallest absolute Gasteiger partial charge is 0.338 e. The highest BCUT2D eigenvalue weighted by atomic mass is 35.5. The molecule has 1 fully saturated rings. The number of H-pyrrole nitrogens is 1. The third-order valence-electron chi connectivity index (χ3n) is 7.92. The van der Waals surface area contributed by atoms with E-state index in [0.29, 0.717) is 31.1 Å². The predicted molar refractivity (Wildman–Crippen MR) is 180 cm³/mol. The van der Waals surface area contributed by atoms with Crippen molar-refractivity contribution in [3.05, 3.63) is 121 Å². The minimum Gasteiger partial charge on any atom is -0.338 e. The SMILES string of the molecule is O=C(c1c(Sc2c(Cl)cccc2Cl)cc(C(F)(F)Cl)[nH]c1=O)N1Cc2cc(CNCc3ccccc3)c(N3CCCNC3=O)cc2C1. The number of carbonyl (C=O) groups is 2. The molecule has 3 amide bonds. The highest BCUT2D eigenvalue weighted by Crippen LogP contribution is 2.42. The van der Waals surface area contributed by atoms with Crippen LogP contribution in [0.5, 0.6) is 0 Å². The van der Waals surface area contributed by atoms with Gasteiger partial charge in [-0.1, -0.05) is 77.4 Å². The van der Waals surface area contributed by atoms with E-state index in [9.17, 15) is 23.2 Å². The van der Waals surface area contributed by atoms with E-state index in [2.05, 4.69) is 15.6 Å². The molecular weight excluding hydrogens is 691 g/mol. The Labute approximate surface area is 288 Å². The molecule has 3 N–H and O–H groups in total. The van der Waals surface area contributed by atoms with Gasteiger partial charge >= 0.3 is 11.4 Å². The molecule has 8 nitrogen and oxygen atoms in total. The molecule has 0 spiro atoms. The minimum atomic E-state index is -3.90. The Balaban J connectivity index is 1.33. The van der Waals surface area contributed by atoms with Gasteiger partial charge in [-0.3, -0.25) is 14.5 Å². The zero-order chi connectivity index (χ0) is 33.3. The average molecular weight is 719 g/mol. The molecule has 6 rings (SSSR count). The second kappa shape index (κ2) is 13.9. The molecule has 2 aliphatic rings. The molecule has 3 heterocycles. The Morgan fingerprint density at radius 3 is 2.34 bits per heavy atom. The molecular formula is C33H28Cl3F2N5O3S. The molecule has 4 aromatic rings. The maximum Gasteiger partial charge on any atom is 0.362 e. The summed E-state index contributed by atoms with van der Waals surface area (Å²) in [5.74, 6) is -0.668. The Kier molecular flexibility index (Phi) is 9.82. The van der Waals surface area contributed by atoms with Crippen LogP contribution in [-0.2, 0) is 31.6 Å². The summed E-state index contributed by atoms with van der Waals surface area (Å²) in [4.78, 5) is 45.7. The number of aromatic nitrogens is 1. The summed E-state index contributed by atoms with van der Waals surface area (Å²) in [6, 6.07) is 19.3. The second-order valence-corrected chi connectivity index (χ2v) is 13.5. The number of amides is 3. The van der Waals surface area contributed by atoms with E-state index >= 15 is 0 Å². The van der Waals surface area contributed by atoms with Crippen LogP contribution in [0.3, 0.4) is 0 Å². The van der Waals surface area contributed by atoms with Crippen molar-refractivity contribution >= 4 is 64.2 Å². The molecule has 3 aromatic carbocycles. The number of rotatable bonds is 9. The van der Waals surface area contributed by atoms with Crippen LogP contribution in [0.15, 0.2) is 81.3 Å². The minimum absolute atomic E-state index is 0.0727. The maximum atomic E-state index is 14.2. The fourth-order valence-electron chi connectivity index (χ4n) is 5.64. The molecule has 0 bridgehead atoms. The van der Waals surface area contributed by atoms with Gasteiger partial charge in [0.1, 0.15) is 11.3 Å². The second-order valence-electron chi connectivity index (χ2n) is 11.1. The summed E-state index contributed by atoms with van der Waals surface area (Å²) >= 11 is 18.8. The number of aromatic amines is 1. The van der Waals surface area contributed by atoms with Crippen molar-refractivity contribution < 1.29 is 18.4 Å². The molecule has 2 aliphatic heterocycles. The summed E-state index contributed by atoms with van der Waals surface area (Å²) in [6.45, 7) is 2.50. The van der Waals surface area contributed by atoms with Crippen LogP contribution < -0.4 is 21.1 Å². The third kappa shape index (κ3) is 7.29. The van der Waals surface area contributed by atoms with Crippen LogP contribution in [-0.4, -0.2) is 34.9 Å². The zero-order valence-electron chi connectivity index (χ0n) is 24.7. The lowest BCUT2D eigenvalue weighted by molar-refractivity contribution is 0.0740. The molecule has 14 heteroatoms. The van der Waals surface area contributed by atoms with E-state index in [1.807, 2.05) is 42.5 Å². The highest BCUT2D eigenvalue weighted by Gasteiger charge is 2.35. The number of hydrogen-bond acceptors (Lipinski definition) is 5. The molecule has 244 valence electrons. The van der Waals surface area contributed by atoms with Crippen molar-refractivity contribution in [1.82, 2.24) is 20.5 Å². The number of carbonyl (C=O) groups excluding carboxylic acids is 2. The van der Waals surface area contributed by atoms with E-state index in [-0.39, 0.29) is 39.6 Å². The fourth-order valence-corrected chi connectivity index (χ4v) is 7.38. The van der Waals surface area contributed by atoms with Gasteiger partial charge in [0.25, 0.3) is 11.5 Å². The Hall–Kier alpha value is -3.61. The maximum absolute atomic E-state index is 14.2. The van der Waals surface area contributed by atoms with E-state index < -0.39 is 22.5 Å². The van der Waals surface area contributed by atoms with Crippen LogP contribution in [0.2, 0.25) is 10.0 Å². The standard InChI is InChI=1S/C33H28Cl3F2N5O3S/c34-23-8-4-9-24(35)29(23)47-26-14-27(33(36,37)38)41-30(44)28(26)31(45)42-17-21-12-20(16-39-15-19-6-2-1-3-7-19)25(13-22(21)18-42)43-11-5-10-40-32(43)46/h1-4,6-9,12-14,39H,5,10-11,15-18H2,(H,40,46)(H,41,44). The van der Waals surface area contributed by atoms with Gasteiger partial charge in [0.05, 0.1) is 15.7 Å². The van der Waals surface area contributed by atoms with Crippen molar-refractivity contribution in [2.24, 2.45) is 0 Å². The predicted octanol–water partition coefficient (Wildman–Crippen LogP) is 7.49. The quantitative estimate of drug-likeness (QED) is 0.156. The molecule has 0 radical (unpaired) electrons. The summed E-state index contributed by atoms with van der Waals surface area (Å²) < 4.78 is 28.3. The number of hydrogen-bond donors (Lipinski definition) is 3. The van der Waals surface area contributed by atoms with Crippen LogP contribution in [0, 0.1) is 0 Å². The Morgan fingerprint density at radius 1 is 0.957 bits per heavy atom.